The number of rotatable bonds is 16. The number of aliphatic hydroxyl groups excluding tert-OH is 1. The molecule has 2 aromatic carbocycles. The lowest BCUT2D eigenvalue weighted by molar-refractivity contribution is -0.163. The third-order valence-corrected chi connectivity index (χ3v) is 28.0. The molecule has 0 spiro atoms. The van der Waals surface area contributed by atoms with E-state index >= 15 is 9.59 Å². The van der Waals surface area contributed by atoms with Crippen molar-refractivity contribution in [1.29, 1.82) is 0 Å². The molecule has 0 unspecified atom stereocenters. The molecule has 3 aliphatic heterocycles. The van der Waals surface area contributed by atoms with Gasteiger partial charge in [0.05, 0.1) is 30.5 Å². The number of piperidine rings is 1. The Hall–Kier alpha value is -4.16. The van der Waals surface area contributed by atoms with Gasteiger partial charge in [-0.3, -0.25) is 9.59 Å². The van der Waals surface area contributed by atoms with Crippen LogP contribution in [0.25, 0.3) is 0 Å². The minimum Gasteiger partial charge on any atom is -0.538 e. The van der Waals surface area contributed by atoms with Crippen molar-refractivity contribution in [1.82, 2.24) is 4.90 Å². The van der Waals surface area contributed by atoms with Gasteiger partial charge >= 0.3 is 5.97 Å². The Labute approximate surface area is 483 Å². The zero-order chi connectivity index (χ0) is 58.5. The molecule has 0 aromatic heterocycles. The molecule has 0 radical (unpaired) electrons. The van der Waals surface area contributed by atoms with Gasteiger partial charge in [-0.15, -0.1) is 6.58 Å². The smallest absolute Gasteiger partial charge is 0.329 e. The second-order valence-electron chi connectivity index (χ2n) is 25.0. The summed E-state index contributed by atoms with van der Waals surface area (Å²) in [6.07, 6.45) is 8.39. The molecule has 444 valence electrons. The number of ether oxygens (including phenoxy) is 5. The van der Waals surface area contributed by atoms with Gasteiger partial charge in [0.25, 0.3) is 22.5 Å². The summed E-state index contributed by atoms with van der Waals surface area (Å²) in [6, 6.07) is 22.8. The molecule has 1 aliphatic carbocycles. The number of nitrogens with zero attached hydrogens (tertiary/aromatic N) is 1. The SMILES string of the molecule is C=CC[C@@H]1/C=C(\C)C[C@H](C)C[C@H](OC)[C@H]2O/C(=C(\O[Si](CC)(CC)CC)C(=O)N3CCCC[C@H]3C(=O)O[C@H](/C(C)=C/[C@@H]3CC[C@@H](O[Si](c4ccccc4)(c4ccccc4)C(C)(C)C)[C@H](OC)C3)[C@H](C)[C@@H](O)CC1=O)[C@H](C)C[C@@H]2OC. The summed E-state index contributed by atoms with van der Waals surface area (Å²) < 4.78 is 47.6. The van der Waals surface area contributed by atoms with Crippen LogP contribution in [-0.4, -0.2) is 121 Å². The second kappa shape index (κ2) is 29.4. The van der Waals surface area contributed by atoms with Crippen LogP contribution in [0.1, 0.15) is 147 Å². The first-order valence-corrected chi connectivity index (χ1v) is 34.7. The van der Waals surface area contributed by atoms with Gasteiger partial charge in [-0.05, 0) is 129 Å². The number of allylic oxidation sites excluding steroid dienone is 5. The summed E-state index contributed by atoms with van der Waals surface area (Å²) in [6.45, 7) is 27.7. The number of ketones is 1. The molecule has 1 amide bonds. The topological polar surface area (TPSA) is 139 Å². The predicted octanol–water partition coefficient (Wildman–Crippen LogP) is 12.2. The number of cyclic esters (lactones) is 1. The Bertz CT molecular complexity index is 2390. The predicted molar refractivity (Wildman–Crippen MR) is 324 cm³/mol. The number of Topliss-reactive ketones (excluding diaryl/α,β-unsaturated/α-hetero) is 1. The lowest BCUT2D eigenvalue weighted by Crippen LogP contribution is -2.68. The number of benzene rings is 2. The maximum Gasteiger partial charge on any atom is 0.329 e. The fourth-order valence-corrected chi connectivity index (χ4v) is 20.9. The van der Waals surface area contributed by atoms with E-state index in [-0.39, 0.29) is 65.0 Å². The molecular formula is C66H101NO11Si2. The quantitative estimate of drug-likeness (QED) is 0.0976. The van der Waals surface area contributed by atoms with Crippen molar-refractivity contribution in [3.63, 3.8) is 0 Å². The van der Waals surface area contributed by atoms with Gasteiger partial charge in [0.15, 0.2) is 6.10 Å². The summed E-state index contributed by atoms with van der Waals surface area (Å²) in [5.74, 6) is -1.65. The fraction of sp³-hybridized carbons (Fsp3) is 0.652. The molecule has 3 heterocycles. The Morgan fingerprint density at radius 2 is 1.39 bits per heavy atom. The summed E-state index contributed by atoms with van der Waals surface area (Å²) in [7, 11) is -0.280. The average molecular weight is 1140 g/mol. The highest BCUT2D eigenvalue weighted by Gasteiger charge is 2.53. The van der Waals surface area contributed by atoms with Gasteiger partial charge in [0.2, 0.25) is 5.76 Å². The molecule has 2 saturated heterocycles. The molecule has 6 rings (SSSR count). The molecule has 1 N–H and O–H groups in total. The zero-order valence-corrected chi connectivity index (χ0v) is 53.3. The van der Waals surface area contributed by atoms with Crippen molar-refractivity contribution in [3.8, 4) is 0 Å². The van der Waals surface area contributed by atoms with Gasteiger partial charge in [0.1, 0.15) is 23.7 Å². The van der Waals surface area contributed by atoms with E-state index in [2.05, 4.69) is 136 Å². The van der Waals surface area contributed by atoms with E-state index in [9.17, 15) is 9.90 Å². The highest BCUT2D eigenvalue weighted by molar-refractivity contribution is 6.99. The molecular weight excluding hydrogens is 1040 g/mol. The molecule has 2 bridgehead atoms. The lowest BCUT2D eigenvalue weighted by Gasteiger charge is -2.47. The third-order valence-electron chi connectivity index (χ3n) is 18.5. The molecule has 13 atom stereocenters. The van der Waals surface area contributed by atoms with Crippen molar-refractivity contribution in [2.45, 2.75) is 219 Å². The molecule has 4 aliphatic rings. The fourth-order valence-electron chi connectivity index (χ4n) is 13.6. The Morgan fingerprint density at radius 1 is 0.787 bits per heavy atom. The highest BCUT2D eigenvalue weighted by Crippen LogP contribution is 2.43. The number of carbonyl (C=O) groups is 3. The number of methoxy groups -OCH3 is 3. The molecule has 3 fully saturated rings. The van der Waals surface area contributed by atoms with E-state index in [4.69, 9.17) is 32.5 Å². The highest BCUT2D eigenvalue weighted by atomic mass is 28.4. The Balaban J connectivity index is 1.42. The second-order valence-corrected chi connectivity index (χ2v) is 34.0. The van der Waals surface area contributed by atoms with E-state index in [1.165, 1.54) is 10.4 Å². The van der Waals surface area contributed by atoms with Crippen LogP contribution >= 0.6 is 0 Å². The van der Waals surface area contributed by atoms with E-state index in [1.54, 1.807) is 32.3 Å². The third kappa shape index (κ3) is 15.1. The largest absolute Gasteiger partial charge is 0.538 e. The molecule has 1 saturated carbocycles. The van der Waals surface area contributed by atoms with Gasteiger partial charge in [-0.2, -0.15) is 0 Å². The summed E-state index contributed by atoms with van der Waals surface area (Å²) >= 11 is 0. The standard InChI is InChI=1S/C66H101NO11Si2/c1-16-28-50-38-44(5)37-45(6)39-58(73-14)62-59(74-15)41-47(8)61(75-62)63(78-79(17-2,18-3)19-4)64(70)67-36-27-26-33-53(67)65(71)76-60(48(9)54(68)43-55(50)69)46(7)40-49-34-35-56(57(42-49)72-13)77-80(66(10,11)12,51-29-22-20-23-30-51)52-31-24-21-25-32-52/h16,20-25,29-32,38,40,45,47-50,53-54,56-60,62,68H,1,17-19,26-28,33-37,39,41-43H2,2-15H3/b44-38+,46-40+,63-61-/t45-,47+,48+,49-,50+,53-,54-,56+,57+,58-,59-,60+,62+/m0/s1. The maximum absolute atomic E-state index is 15.7. The maximum atomic E-state index is 15.7. The first-order chi connectivity index (χ1) is 38.1. The van der Waals surface area contributed by atoms with Crippen LogP contribution in [0.3, 0.4) is 0 Å². The summed E-state index contributed by atoms with van der Waals surface area (Å²) in [5.41, 5.74) is 1.82. The summed E-state index contributed by atoms with van der Waals surface area (Å²) in [5, 5.41) is 14.5. The van der Waals surface area contributed by atoms with Crippen molar-refractivity contribution in [2.75, 3.05) is 27.9 Å². The molecule has 14 heteroatoms. The number of aliphatic hydroxyl groups is 1. The van der Waals surface area contributed by atoms with Crippen LogP contribution in [0.4, 0.5) is 0 Å². The van der Waals surface area contributed by atoms with Crippen molar-refractivity contribution < 1.29 is 52.0 Å². The minimum atomic E-state index is -2.91. The van der Waals surface area contributed by atoms with Crippen molar-refractivity contribution in [3.05, 3.63) is 108 Å². The Morgan fingerprint density at radius 3 is 1.95 bits per heavy atom. The minimum absolute atomic E-state index is 0.0252. The van der Waals surface area contributed by atoms with Crippen LogP contribution < -0.4 is 10.4 Å². The van der Waals surface area contributed by atoms with Gasteiger partial charge in [-0.25, -0.2) is 4.79 Å². The number of hydrogen-bond donors (Lipinski definition) is 1. The lowest BCUT2D eigenvalue weighted by atomic mass is 9.81. The molecule has 12 nitrogen and oxygen atoms in total. The van der Waals surface area contributed by atoms with Crippen molar-refractivity contribution >= 4 is 44.7 Å². The van der Waals surface area contributed by atoms with E-state index in [0.29, 0.717) is 63.7 Å². The summed E-state index contributed by atoms with van der Waals surface area (Å²) in [4.78, 5) is 47.1. The van der Waals surface area contributed by atoms with Gasteiger partial charge in [0, 0.05) is 52.0 Å². The Kier molecular flexibility index (Phi) is 23.9. The van der Waals surface area contributed by atoms with Gasteiger partial charge < -0.3 is 42.5 Å². The monoisotopic (exact) mass is 1140 g/mol. The number of carbonyl (C=O) groups excluding carboxylic acids is 3. The van der Waals surface area contributed by atoms with Crippen molar-refractivity contribution in [2.24, 2.45) is 29.6 Å². The van der Waals surface area contributed by atoms with Crippen LogP contribution in [-0.2, 0) is 46.9 Å². The number of fused-ring (bicyclic) bond motifs is 3. The average Bonchev–Trinajstić information content (AvgIpc) is 3.65. The molecule has 2 aromatic rings. The number of hydrogen-bond acceptors (Lipinski definition) is 11. The first kappa shape index (κ1) is 65.0. The van der Waals surface area contributed by atoms with Gasteiger partial charge in [-0.1, -0.05) is 147 Å². The van der Waals surface area contributed by atoms with E-state index in [1.807, 2.05) is 19.9 Å². The van der Waals surface area contributed by atoms with E-state index in [0.717, 1.165) is 42.1 Å². The molecule has 80 heavy (non-hydrogen) atoms. The number of esters is 1. The normalized spacial score (nSPS) is 32.1. The number of amides is 1. The van der Waals surface area contributed by atoms with Crippen LogP contribution in [0.15, 0.2) is 108 Å². The van der Waals surface area contributed by atoms with E-state index < -0.39 is 64.9 Å². The first-order valence-electron chi connectivity index (χ1n) is 30.3. The van der Waals surface area contributed by atoms with Crippen LogP contribution in [0, 0.1) is 29.6 Å². The van der Waals surface area contributed by atoms with Crippen LogP contribution in [0.5, 0.6) is 0 Å². The zero-order valence-electron chi connectivity index (χ0n) is 51.3. The van der Waals surface area contributed by atoms with Crippen LogP contribution in [0.2, 0.25) is 23.2 Å².